The van der Waals surface area contributed by atoms with Gasteiger partial charge in [0.1, 0.15) is 5.82 Å². The number of benzene rings is 1. The molecule has 0 spiro atoms. The van der Waals surface area contributed by atoms with Crippen molar-refractivity contribution in [2.24, 2.45) is 5.92 Å². The summed E-state index contributed by atoms with van der Waals surface area (Å²) in [5.74, 6) is 0.657. The van der Waals surface area contributed by atoms with Crippen LogP contribution >= 0.6 is 12.4 Å². The fourth-order valence-corrected chi connectivity index (χ4v) is 3.35. The average molecular weight is 338 g/mol. The maximum Gasteiger partial charge on any atom is 0.132 e. The summed E-state index contributed by atoms with van der Waals surface area (Å²) in [5, 5.41) is 3.86. The standard InChI is InChI=1S/C18H24FN3.ClH/c1-20-10-6-14-7-11-22(12-8-14)13-15-4-5-17(19)16-3-2-9-21-18(15)16;/h2-5,9,14,20H,6-8,10-13H2,1H3;1H. The van der Waals surface area contributed by atoms with Gasteiger partial charge in [-0.05, 0) is 75.6 Å². The summed E-state index contributed by atoms with van der Waals surface area (Å²) in [5.41, 5.74) is 1.94. The molecule has 1 aliphatic rings. The summed E-state index contributed by atoms with van der Waals surface area (Å²) in [6, 6.07) is 7.06. The van der Waals surface area contributed by atoms with Gasteiger partial charge in [0.15, 0.2) is 0 Å². The third kappa shape index (κ3) is 4.40. The van der Waals surface area contributed by atoms with Crippen LogP contribution in [-0.4, -0.2) is 36.6 Å². The van der Waals surface area contributed by atoms with Crippen LogP contribution in [-0.2, 0) is 6.54 Å². The van der Waals surface area contributed by atoms with Gasteiger partial charge < -0.3 is 5.32 Å². The van der Waals surface area contributed by atoms with Crippen molar-refractivity contribution in [2.75, 3.05) is 26.7 Å². The molecule has 1 aliphatic heterocycles. The van der Waals surface area contributed by atoms with E-state index in [1.165, 1.54) is 19.3 Å². The van der Waals surface area contributed by atoms with E-state index in [1.54, 1.807) is 18.3 Å². The Morgan fingerprint density at radius 3 is 2.78 bits per heavy atom. The van der Waals surface area contributed by atoms with Gasteiger partial charge in [-0.25, -0.2) is 4.39 Å². The molecule has 1 aromatic carbocycles. The molecule has 0 aliphatic carbocycles. The van der Waals surface area contributed by atoms with Gasteiger partial charge in [-0.3, -0.25) is 9.88 Å². The lowest BCUT2D eigenvalue weighted by atomic mass is 9.93. The second kappa shape index (κ2) is 8.57. The molecule has 126 valence electrons. The number of fused-ring (bicyclic) bond motifs is 1. The molecule has 0 atom stereocenters. The molecule has 0 bridgehead atoms. The summed E-state index contributed by atoms with van der Waals surface area (Å²) in [7, 11) is 2.02. The summed E-state index contributed by atoms with van der Waals surface area (Å²) in [4.78, 5) is 6.86. The van der Waals surface area contributed by atoms with E-state index in [-0.39, 0.29) is 18.2 Å². The van der Waals surface area contributed by atoms with Crippen LogP contribution in [0.1, 0.15) is 24.8 Å². The number of hydrogen-bond donors (Lipinski definition) is 1. The zero-order valence-electron chi connectivity index (χ0n) is 13.6. The highest BCUT2D eigenvalue weighted by Crippen LogP contribution is 2.24. The first-order valence-electron chi connectivity index (χ1n) is 8.17. The van der Waals surface area contributed by atoms with Gasteiger partial charge in [-0.15, -0.1) is 12.4 Å². The van der Waals surface area contributed by atoms with E-state index < -0.39 is 0 Å². The van der Waals surface area contributed by atoms with E-state index in [1.807, 2.05) is 19.2 Å². The van der Waals surface area contributed by atoms with Crippen LogP contribution in [0.15, 0.2) is 30.5 Å². The van der Waals surface area contributed by atoms with Crippen LogP contribution in [0.5, 0.6) is 0 Å². The number of nitrogens with one attached hydrogen (secondary N) is 1. The van der Waals surface area contributed by atoms with Gasteiger partial charge in [0.2, 0.25) is 0 Å². The van der Waals surface area contributed by atoms with Crippen LogP contribution in [0.25, 0.3) is 10.9 Å². The van der Waals surface area contributed by atoms with Gasteiger partial charge in [0.25, 0.3) is 0 Å². The number of hydrogen-bond acceptors (Lipinski definition) is 3. The van der Waals surface area contributed by atoms with Gasteiger partial charge in [-0.1, -0.05) is 6.07 Å². The van der Waals surface area contributed by atoms with Crippen LogP contribution in [0, 0.1) is 11.7 Å². The molecule has 5 heteroatoms. The fraction of sp³-hybridized carbons (Fsp3) is 0.500. The smallest absolute Gasteiger partial charge is 0.132 e. The van der Waals surface area contributed by atoms with Crippen molar-refractivity contribution in [3.63, 3.8) is 0 Å². The molecular weight excluding hydrogens is 313 g/mol. The van der Waals surface area contributed by atoms with Crippen LogP contribution < -0.4 is 5.32 Å². The lowest BCUT2D eigenvalue weighted by Crippen LogP contribution is -2.34. The second-order valence-electron chi connectivity index (χ2n) is 6.22. The Labute approximate surface area is 143 Å². The second-order valence-corrected chi connectivity index (χ2v) is 6.22. The van der Waals surface area contributed by atoms with Crippen molar-refractivity contribution in [1.29, 1.82) is 0 Å². The van der Waals surface area contributed by atoms with Gasteiger partial charge in [0.05, 0.1) is 5.52 Å². The lowest BCUT2D eigenvalue weighted by molar-refractivity contribution is 0.173. The predicted molar refractivity (Wildman–Crippen MR) is 95.5 cm³/mol. The zero-order valence-corrected chi connectivity index (χ0v) is 14.4. The largest absolute Gasteiger partial charge is 0.320 e. The Kier molecular flexibility index (Phi) is 6.75. The van der Waals surface area contributed by atoms with Gasteiger partial charge >= 0.3 is 0 Å². The van der Waals surface area contributed by atoms with E-state index in [9.17, 15) is 4.39 Å². The Balaban J connectivity index is 0.00000192. The molecule has 1 aromatic heterocycles. The Hall–Kier alpha value is -1.23. The highest BCUT2D eigenvalue weighted by atomic mass is 35.5. The maximum absolute atomic E-state index is 13.9. The Bertz CT molecular complexity index is 627. The third-order valence-electron chi connectivity index (χ3n) is 4.70. The number of pyridine rings is 1. The molecular formula is C18H25ClFN3. The Morgan fingerprint density at radius 1 is 1.26 bits per heavy atom. The van der Waals surface area contributed by atoms with Crippen LogP contribution in [0.4, 0.5) is 4.39 Å². The molecule has 2 aromatic rings. The molecule has 0 saturated carbocycles. The number of piperidine rings is 1. The van der Waals surface area contributed by atoms with Crippen molar-refractivity contribution in [3.8, 4) is 0 Å². The fourth-order valence-electron chi connectivity index (χ4n) is 3.35. The van der Waals surface area contributed by atoms with Crippen molar-refractivity contribution in [2.45, 2.75) is 25.8 Å². The minimum absolute atomic E-state index is 0. The van der Waals surface area contributed by atoms with Crippen molar-refractivity contribution >= 4 is 23.3 Å². The molecule has 1 N–H and O–H groups in total. The van der Waals surface area contributed by atoms with Crippen LogP contribution in [0.3, 0.4) is 0 Å². The summed E-state index contributed by atoms with van der Waals surface area (Å²) >= 11 is 0. The van der Waals surface area contributed by atoms with E-state index in [0.717, 1.165) is 43.2 Å². The molecule has 3 nitrogen and oxygen atoms in total. The lowest BCUT2D eigenvalue weighted by Gasteiger charge is -2.32. The molecule has 0 radical (unpaired) electrons. The van der Waals surface area contributed by atoms with Crippen molar-refractivity contribution < 1.29 is 4.39 Å². The monoisotopic (exact) mass is 337 g/mol. The van der Waals surface area contributed by atoms with Crippen LogP contribution in [0.2, 0.25) is 0 Å². The van der Waals surface area contributed by atoms with E-state index in [0.29, 0.717) is 5.39 Å². The number of likely N-dealkylation sites (tertiary alicyclic amines) is 1. The summed E-state index contributed by atoms with van der Waals surface area (Å²) in [6.07, 6.45) is 5.53. The highest BCUT2D eigenvalue weighted by Gasteiger charge is 2.19. The Morgan fingerprint density at radius 2 is 2.04 bits per heavy atom. The minimum Gasteiger partial charge on any atom is -0.320 e. The number of halogens is 2. The molecule has 1 fully saturated rings. The van der Waals surface area contributed by atoms with E-state index >= 15 is 0 Å². The minimum atomic E-state index is -0.183. The van der Waals surface area contributed by atoms with E-state index in [2.05, 4.69) is 15.2 Å². The average Bonchev–Trinajstić information content (AvgIpc) is 2.57. The summed E-state index contributed by atoms with van der Waals surface area (Å²) < 4.78 is 13.9. The highest BCUT2D eigenvalue weighted by molar-refractivity contribution is 5.85. The predicted octanol–water partition coefficient (Wildman–Crippen LogP) is 3.62. The van der Waals surface area contributed by atoms with Gasteiger partial charge in [-0.2, -0.15) is 0 Å². The first kappa shape index (κ1) is 18.1. The molecule has 0 unspecified atom stereocenters. The van der Waals surface area contributed by atoms with E-state index in [4.69, 9.17) is 0 Å². The summed E-state index contributed by atoms with van der Waals surface area (Å²) in [6.45, 7) is 4.23. The number of aromatic nitrogens is 1. The molecule has 2 heterocycles. The molecule has 3 rings (SSSR count). The number of rotatable bonds is 5. The number of nitrogens with zero attached hydrogens (tertiary/aromatic N) is 2. The van der Waals surface area contributed by atoms with Gasteiger partial charge in [0, 0.05) is 18.1 Å². The molecule has 0 amide bonds. The normalized spacial score (nSPS) is 16.4. The quantitative estimate of drug-likeness (QED) is 0.903. The first-order valence-corrected chi connectivity index (χ1v) is 8.17. The first-order chi connectivity index (χ1) is 10.8. The molecule has 1 saturated heterocycles. The third-order valence-corrected chi connectivity index (χ3v) is 4.70. The van der Waals surface area contributed by atoms with Crippen molar-refractivity contribution in [1.82, 2.24) is 15.2 Å². The zero-order chi connectivity index (χ0) is 15.4. The topological polar surface area (TPSA) is 28.2 Å². The maximum atomic E-state index is 13.9. The van der Waals surface area contributed by atoms with Crippen molar-refractivity contribution in [3.05, 3.63) is 41.8 Å². The SMILES string of the molecule is CNCCC1CCN(Cc2ccc(F)c3cccnc23)CC1.Cl. The molecule has 23 heavy (non-hydrogen) atoms.